The van der Waals surface area contributed by atoms with Gasteiger partial charge in [0, 0.05) is 5.54 Å². The van der Waals surface area contributed by atoms with E-state index in [-0.39, 0.29) is 5.54 Å². The minimum Gasteiger partial charge on any atom is -0.493 e. The highest BCUT2D eigenvalue weighted by Gasteiger charge is 2.16. The minimum atomic E-state index is -0.301. The number of benzene rings is 1. The maximum atomic E-state index is 6.11. The standard InChI is InChI=1S/C16H25NO/c1-16(2,17)14-9-6-10-15(11-14)18-12-13-7-4-3-5-8-13/h6,9-11,13H,3-5,7-8,12,17H2,1-2H3. The third-order valence-electron chi connectivity index (χ3n) is 3.79. The molecule has 0 saturated heterocycles. The normalized spacial score (nSPS) is 17.7. The lowest BCUT2D eigenvalue weighted by molar-refractivity contribution is 0.208. The van der Waals surface area contributed by atoms with Crippen LogP contribution in [0.3, 0.4) is 0 Å². The van der Waals surface area contributed by atoms with Crippen LogP contribution in [0.2, 0.25) is 0 Å². The molecule has 1 fully saturated rings. The summed E-state index contributed by atoms with van der Waals surface area (Å²) in [5.41, 5.74) is 6.94. The molecule has 1 aliphatic carbocycles. The van der Waals surface area contributed by atoms with Crippen molar-refractivity contribution >= 4 is 0 Å². The molecule has 0 amide bonds. The summed E-state index contributed by atoms with van der Waals surface area (Å²) < 4.78 is 5.93. The molecule has 0 heterocycles. The summed E-state index contributed by atoms with van der Waals surface area (Å²) in [6.45, 7) is 4.90. The van der Waals surface area contributed by atoms with Crippen molar-refractivity contribution in [1.82, 2.24) is 0 Å². The van der Waals surface area contributed by atoms with E-state index in [9.17, 15) is 0 Å². The quantitative estimate of drug-likeness (QED) is 0.877. The van der Waals surface area contributed by atoms with Gasteiger partial charge in [-0.1, -0.05) is 31.4 Å². The van der Waals surface area contributed by atoms with Crippen molar-refractivity contribution in [2.24, 2.45) is 11.7 Å². The lowest BCUT2D eigenvalue weighted by Crippen LogP contribution is -2.28. The van der Waals surface area contributed by atoms with Crippen molar-refractivity contribution in [3.8, 4) is 5.75 Å². The molecule has 18 heavy (non-hydrogen) atoms. The van der Waals surface area contributed by atoms with Crippen LogP contribution in [0, 0.1) is 5.92 Å². The molecule has 2 heteroatoms. The topological polar surface area (TPSA) is 35.2 Å². The van der Waals surface area contributed by atoms with E-state index in [0.29, 0.717) is 0 Å². The molecular weight excluding hydrogens is 222 g/mol. The second-order valence-corrected chi connectivity index (χ2v) is 6.06. The highest BCUT2D eigenvalue weighted by Crippen LogP contribution is 2.26. The van der Waals surface area contributed by atoms with E-state index in [1.54, 1.807) is 0 Å². The largest absolute Gasteiger partial charge is 0.493 e. The number of hydrogen-bond acceptors (Lipinski definition) is 2. The average Bonchev–Trinajstić information content (AvgIpc) is 2.37. The van der Waals surface area contributed by atoms with Gasteiger partial charge in [-0.05, 0) is 50.3 Å². The predicted octanol–water partition coefficient (Wildman–Crippen LogP) is 3.84. The molecule has 1 aromatic rings. The van der Waals surface area contributed by atoms with E-state index in [2.05, 4.69) is 12.1 Å². The first kappa shape index (κ1) is 13.4. The Kier molecular flexibility index (Phi) is 4.28. The predicted molar refractivity (Wildman–Crippen MR) is 75.7 cm³/mol. The van der Waals surface area contributed by atoms with Gasteiger partial charge in [-0.3, -0.25) is 0 Å². The van der Waals surface area contributed by atoms with Crippen LogP contribution in [0.15, 0.2) is 24.3 Å². The zero-order chi connectivity index (χ0) is 13.0. The van der Waals surface area contributed by atoms with E-state index in [1.165, 1.54) is 32.1 Å². The van der Waals surface area contributed by atoms with Crippen LogP contribution >= 0.6 is 0 Å². The van der Waals surface area contributed by atoms with Crippen molar-refractivity contribution in [3.63, 3.8) is 0 Å². The van der Waals surface area contributed by atoms with Gasteiger partial charge >= 0.3 is 0 Å². The monoisotopic (exact) mass is 247 g/mol. The molecule has 1 aliphatic rings. The molecule has 0 unspecified atom stereocenters. The zero-order valence-corrected chi connectivity index (χ0v) is 11.6. The Hall–Kier alpha value is -1.02. The summed E-state index contributed by atoms with van der Waals surface area (Å²) in [4.78, 5) is 0. The molecule has 2 rings (SSSR count). The Morgan fingerprint density at radius 3 is 2.61 bits per heavy atom. The number of nitrogens with two attached hydrogens (primary N) is 1. The summed E-state index contributed by atoms with van der Waals surface area (Å²) in [5.74, 6) is 1.70. The molecule has 1 aromatic carbocycles. The molecule has 100 valence electrons. The lowest BCUT2D eigenvalue weighted by atomic mass is 9.90. The Labute approximate surface area is 111 Å². The van der Waals surface area contributed by atoms with Gasteiger partial charge in [0.25, 0.3) is 0 Å². The third-order valence-corrected chi connectivity index (χ3v) is 3.79. The van der Waals surface area contributed by atoms with Crippen LogP contribution in [0.1, 0.15) is 51.5 Å². The van der Waals surface area contributed by atoms with Crippen molar-refractivity contribution in [1.29, 1.82) is 0 Å². The second kappa shape index (κ2) is 5.75. The number of rotatable bonds is 4. The van der Waals surface area contributed by atoms with E-state index in [4.69, 9.17) is 10.5 Å². The van der Waals surface area contributed by atoms with E-state index < -0.39 is 0 Å². The average molecular weight is 247 g/mol. The molecule has 0 atom stereocenters. The van der Waals surface area contributed by atoms with Gasteiger partial charge in [0.15, 0.2) is 0 Å². The van der Waals surface area contributed by atoms with Gasteiger partial charge in [0.2, 0.25) is 0 Å². The fourth-order valence-electron chi connectivity index (χ4n) is 2.55. The Morgan fingerprint density at radius 1 is 1.22 bits per heavy atom. The smallest absolute Gasteiger partial charge is 0.119 e. The fraction of sp³-hybridized carbons (Fsp3) is 0.625. The highest BCUT2D eigenvalue weighted by molar-refractivity contribution is 5.32. The summed E-state index contributed by atoms with van der Waals surface area (Å²) >= 11 is 0. The van der Waals surface area contributed by atoms with Crippen molar-refractivity contribution in [3.05, 3.63) is 29.8 Å². The molecule has 2 nitrogen and oxygen atoms in total. The van der Waals surface area contributed by atoms with E-state index in [1.807, 2.05) is 26.0 Å². The first-order valence-corrected chi connectivity index (χ1v) is 7.08. The van der Waals surface area contributed by atoms with Gasteiger partial charge < -0.3 is 10.5 Å². The van der Waals surface area contributed by atoms with Crippen LogP contribution < -0.4 is 10.5 Å². The van der Waals surface area contributed by atoms with Crippen molar-refractivity contribution in [2.75, 3.05) is 6.61 Å². The van der Waals surface area contributed by atoms with E-state index >= 15 is 0 Å². The fourth-order valence-corrected chi connectivity index (χ4v) is 2.55. The second-order valence-electron chi connectivity index (χ2n) is 6.06. The van der Waals surface area contributed by atoms with Crippen molar-refractivity contribution < 1.29 is 4.74 Å². The molecule has 0 spiro atoms. The van der Waals surface area contributed by atoms with Crippen LogP contribution in [-0.4, -0.2) is 6.61 Å². The summed E-state index contributed by atoms with van der Waals surface area (Å²) in [5, 5.41) is 0. The molecule has 0 aromatic heterocycles. The first-order chi connectivity index (χ1) is 8.55. The van der Waals surface area contributed by atoms with Crippen LogP contribution in [0.5, 0.6) is 5.75 Å². The molecular formula is C16H25NO. The molecule has 0 radical (unpaired) electrons. The van der Waals surface area contributed by atoms with Crippen LogP contribution in [0.4, 0.5) is 0 Å². The van der Waals surface area contributed by atoms with Gasteiger partial charge in [0.1, 0.15) is 5.75 Å². The van der Waals surface area contributed by atoms with E-state index in [0.717, 1.165) is 23.8 Å². The summed E-state index contributed by atoms with van der Waals surface area (Å²) in [6.07, 6.45) is 6.77. The number of hydrogen-bond donors (Lipinski definition) is 1. The van der Waals surface area contributed by atoms with Gasteiger partial charge in [0.05, 0.1) is 6.61 Å². The van der Waals surface area contributed by atoms with Crippen molar-refractivity contribution in [2.45, 2.75) is 51.5 Å². The van der Waals surface area contributed by atoms with Crippen LogP contribution in [-0.2, 0) is 5.54 Å². The number of ether oxygens (including phenoxy) is 1. The van der Waals surface area contributed by atoms with Gasteiger partial charge in [-0.15, -0.1) is 0 Å². The Morgan fingerprint density at radius 2 is 1.94 bits per heavy atom. The lowest BCUT2D eigenvalue weighted by Gasteiger charge is -2.23. The highest BCUT2D eigenvalue weighted by atomic mass is 16.5. The molecule has 0 bridgehead atoms. The Balaban J connectivity index is 1.92. The molecule has 2 N–H and O–H groups in total. The summed E-state index contributed by atoms with van der Waals surface area (Å²) in [7, 11) is 0. The summed E-state index contributed by atoms with van der Waals surface area (Å²) in [6, 6.07) is 8.19. The molecule has 1 saturated carbocycles. The molecule has 0 aliphatic heterocycles. The first-order valence-electron chi connectivity index (χ1n) is 7.08. The van der Waals surface area contributed by atoms with Gasteiger partial charge in [-0.25, -0.2) is 0 Å². The van der Waals surface area contributed by atoms with Crippen LogP contribution in [0.25, 0.3) is 0 Å². The Bertz CT molecular complexity index is 375. The third kappa shape index (κ3) is 3.74. The van der Waals surface area contributed by atoms with Gasteiger partial charge in [-0.2, -0.15) is 0 Å². The minimum absolute atomic E-state index is 0.301. The zero-order valence-electron chi connectivity index (χ0n) is 11.6. The SMILES string of the molecule is CC(C)(N)c1cccc(OCC2CCCCC2)c1. The maximum absolute atomic E-state index is 6.11. The maximum Gasteiger partial charge on any atom is 0.119 e.